The first-order valence-electron chi connectivity index (χ1n) is 8.64. The van der Waals surface area contributed by atoms with Gasteiger partial charge in [0.1, 0.15) is 5.56 Å². The van der Waals surface area contributed by atoms with Crippen molar-refractivity contribution in [3.63, 3.8) is 0 Å². The molecule has 2 aliphatic rings. The van der Waals surface area contributed by atoms with E-state index in [4.69, 9.17) is 9.47 Å². The summed E-state index contributed by atoms with van der Waals surface area (Å²) in [4.78, 5) is 41.7. The smallest absolute Gasteiger partial charge is 0.328 e. The SMILES string of the molecule is O=C(c1c[nH]c(=O)n(Cc2ccc3c(c2)OCO3)c1=O)N1CCCCC1. The summed E-state index contributed by atoms with van der Waals surface area (Å²) in [6.07, 6.45) is 4.17. The van der Waals surface area contributed by atoms with Gasteiger partial charge in [0.2, 0.25) is 6.79 Å². The highest BCUT2D eigenvalue weighted by molar-refractivity contribution is 5.93. The minimum Gasteiger partial charge on any atom is -0.454 e. The van der Waals surface area contributed by atoms with E-state index in [1.54, 1.807) is 23.1 Å². The first-order chi connectivity index (χ1) is 12.6. The first-order valence-corrected chi connectivity index (χ1v) is 8.64. The number of hydrogen-bond acceptors (Lipinski definition) is 5. The molecule has 136 valence electrons. The van der Waals surface area contributed by atoms with E-state index in [0.717, 1.165) is 23.8 Å². The number of benzene rings is 1. The summed E-state index contributed by atoms with van der Waals surface area (Å²) in [7, 11) is 0. The van der Waals surface area contributed by atoms with Gasteiger partial charge in [0, 0.05) is 19.3 Å². The first kappa shape index (κ1) is 16.4. The molecule has 1 amide bonds. The molecule has 0 radical (unpaired) electrons. The van der Waals surface area contributed by atoms with Gasteiger partial charge in [-0.15, -0.1) is 0 Å². The lowest BCUT2D eigenvalue weighted by Crippen LogP contribution is -2.43. The number of fused-ring (bicyclic) bond motifs is 1. The Balaban J connectivity index is 1.65. The second-order valence-corrected chi connectivity index (χ2v) is 6.44. The number of ether oxygens (including phenoxy) is 2. The lowest BCUT2D eigenvalue weighted by Gasteiger charge is -2.26. The Morgan fingerprint density at radius 1 is 1.08 bits per heavy atom. The molecule has 0 spiro atoms. The summed E-state index contributed by atoms with van der Waals surface area (Å²) in [5.74, 6) is 0.877. The molecule has 1 aromatic heterocycles. The van der Waals surface area contributed by atoms with Crippen LogP contribution in [0.4, 0.5) is 0 Å². The Labute approximate surface area is 149 Å². The predicted octanol–water partition coefficient (Wildman–Crippen LogP) is 0.940. The number of nitrogens with one attached hydrogen (secondary N) is 1. The lowest BCUT2D eigenvalue weighted by molar-refractivity contribution is 0.0721. The van der Waals surface area contributed by atoms with Gasteiger partial charge in [-0.3, -0.25) is 14.2 Å². The van der Waals surface area contributed by atoms with Gasteiger partial charge in [-0.05, 0) is 37.0 Å². The largest absolute Gasteiger partial charge is 0.454 e. The molecule has 0 aliphatic carbocycles. The van der Waals surface area contributed by atoms with Crippen LogP contribution in [0.15, 0.2) is 34.0 Å². The van der Waals surface area contributed by atoms with Crippen molar-refractivity contribution in [1.29, 1.82) is 0 Å². The van der Waals surface area contributed by atoms with Crippen LogP contribution in [0.25, 0.3) is 0 Å². The van der Waals surface area contributed by atoms with Crippen LogP contribution in [0.3, 0.4) is 0 Å². The van der Waals surface area contributed by atoms with Crippen LogP contribution in [0.2, 0.25) is 0 Å². The summed E-state index contributed by atoms with van der Waals surface area (Å²) in [6, 6.07) is 5.23. The van der Waals surface area contributed by atoms with E-state index in [1.807, 2.05) is 0 Å². The molecule has 1 N–H and O–H groups in total. The Hall–Kier alpha value is -3.03. The zero-order valence-corrected chi connectivity index (χ0v) is 14.2. The average Bonchev–Trinajstić information content (AvgIpc) is 3.13. The van der Waals surface area contributed by atoms with E-state index < -0.39 is 11.2 Å². The molecule has 0 saturated carbocycles. The number of carbonyl (C=O) groups is 1. The molecule has 1 fully saturated rings. The Bertz CT molecular complexity index is 956. The molecule has 8 heteroatoms. The van der Waals surface area contributed by atoms with Crippen molar-refractivity contribution >= 4 is 5.91 Å². The fourth-order valence-corrected chi connectivity index (χ4v) is 3.30. The van der Waals surface area contributed by atoms with Crippen LogP contribution >= 0.6 is 0 Å². The molecule has 3 heterocycles. The van der Waals surface area contributed by atoms with Crippen LogP contribution < -0.4 is 20.7 Å². The summed E-state index contributed by atoms with van der Waals surface area (Å²) in [5.41, 5.74) is -0.429. The van der Waals surface area contributed by atoms with Crippen LogP contribution in [-0.2, 0) is 6.54 Å². The molecule has 0 unspecified atom stereocenters. The fourth-order valence-electron chi connectivity index (χ4n) is 3.30. The van der Waals surface area contributed by atoms with Crippen molar-refractivity contribution in [3.8, 4) is 11.5 Å². The number of piperidine rings is 1. The summed E-state index contributed by atoms with van der Waals surface area (Å²) < 4.78 is 11.6. The molecule has 0 bridgehead atoms. The van der Waals surface area contributed by atoms with Crippen LogP contribution in [0.5, 0.6) is 11.5 Å². The van der Waals surface area contributed by atoms with Gasteiger partial charge in [0.15, 0.2) is 11.5 Å². The number of nitrogens with zero attached hydrogens (tertiary/aromatic N) is 2. The number of likely N-dealkylation sites (tertiary alicyclic amines) is 1. The van der Waals surface area contributed by atoms with E-state index in [-0.39, 0.29) is 24.8 Å². The van der Waals surface area contributed by atoms with Gasteiger partial charge >= 0.3 is 5.69 Å². The number of H-pyrrole nitrogens is 1. The zero-order chi connectivity index (χ0) is 18.1. The predicted molar refractivity (Wildman–Crippen MR) is 92.7 cm³/mol. The molecular formula is C18H19N3O5. The standard InChI is InChI=1S/C18H19N3O5/c22-16(20-6-2-1-3-7-20)13-9-19-18(24)21(17(13)23)10-12-4-5-14-15(8-12)26-11-25-14/h4-5,8-9H,1-3,6-7,10-11H2,(H,19,24). The summed E-state index contributed by atoms with van der Waals surface area (Å²) in [5, 5.41) is 0. The van der Waals surface area contributed by atoms with Crippen LogP contribution in [0, 0.1) is 0 Å². The van der Waals surface area contributed by atoms with E-state index in [9.17, 15) is 14.4 Å². The third kappa shape index (κ3) is 2.98. The Kier molecular flexibility index (Phi) is 4.24. The molecule has 2 aromatic rings. The molecule has 4 rings (SSSR count). The van der Waals surface area contributed by atoms with Gasteiger partial charge in [0.25, 0.3) is 11.5 Å². The normalized spacial score (nSPS) is 15.9. The molecule has 8 nitrogen and oxygen atoms in total. The van der Waals surface area contributed by atoms with Crippen molar-refractivity contribution in [1.82, 2.24) is 14.5 Å². The van der Waals surface area contributed by atoms with Crippen molar-refractivity contribution in [2.45, 2.75) is 25.8 Å². The Morgan fingerprint density at radius 3 is 2.65 bits per heavy atom. The van der Waals surface area contributed by atoms with E-state index in [0.29, 0.717) is 30.2 Å². The van der Waals surface area contributed by atoms with Crippen LogP contribution in [-0.4, -0.2) is 40.2 Å². The highest BCUT2D eigenvalue weighted by atomic mass is 16.7. The number of aromatic nitrogens is 2. The number of rotatable bonds is 3. The number of amides is 1. The quantitative estimate of drug-likeness (QED) is 0.882. The maximum Gasteiger partial charge on any atom is 0.328 e. The van der Waals surface area contributed by atoms with Crippen molar-refractivity contribution < 1.29 is 14.3 Å². The minimum atomic E-state index is -0.581. The maximum atomic E-state index is 12.8. The molecule has 1 aromatic carbocycles. The van der Waals surface area contributed by atoms with Crippen molar-refractivity contribution in [2.75, 3.05) is 19.9 Å². The van der Waals surface area contributed by atoms with Gasteiger partial charge in [-0.25, -0.2) is 4.79 Å². The molecule has 26 heavy (non-hydrogen) atoms. The second-order valence-electron chi connectivity index (χ2n) is 6.44. The number of hydrogen-bond donors (Lipinski definition) is 1. The molecule has 1 saturated heterocycles. The van der Waals surface area contributed by atoms with Crippen molar-refractivity contribution in [2.24, 2.45) is 0 Å². The monoisotopic (exact) mass is 357 g/mol. The van der Waals surface area contributed by atoms with Crippen molar-refractivity contribution in [3.05, 3.63) is 56.4 Å². The van der Waals surface area contributed by atoms with Crippen LogP contribution in [0.1, 0.15) is 35.2 Å². The minimum absolute atomic E-state index is 0.00718. The van der Waals surface area contributed by atoms with E-state index >= 15 is 0 Å². The number of carbonyl (C=O) groups excluding carboxylic acids is 1. The highest BCUT2D eigenvalue weighted by Crippen LogP contribution is 2.32. The summed E-state index contributed by atoms with van der Waals surface area (Å²) >= 11 is 0. The molecular weight excluding hydrogens is 338 g/mol. The molecule has 2 aliphatic heterocycles. The average molecular weight is 357 g/mol. The number of aromatic amines is 1. The second kappa shape index (κ2) is 6.70. The van der Waals surface area contributed by atoms with E-state index in [2.05, 4.69) is 4.98 Å². The zero-order valence-electron chi connectivity index (χ0n) is 14.2. The van der Waals surface area contributed by atoms with Gasteiger partial charge in [-0.1, -0.05) is 6.07 Å². The fraction of sp³-hybridized carbons (Fsp3) is 0.389. The summed E-state index contributed by atoms with van der Waals surface area (Å²) in [6.45, 7) is 1.48. The van der Waals surface area contributed by atoms with E-state index in [1.165, 1.54) is 6.20 Å². The third-order valence-electron chi connectivity index (χ3n) is 4.71. The lowest BCUT2D eigenvalue weighted by atomic mass is 10.1. The van der Waals surface area contributed by atoms with Gasteiger partial charge < -0.3 is 19.4 Å². The third-order valence-corrected chi connectivity index (χ3v) is 4.71. The topological polar surface area (TPSA) is 93.6 Å². The van der Waals surface area contributed by atoms with Gasteiger partial charge in [0.05, 0.1) is 6.54 Å². The maximum absolute atomic E-state index is 12.8. The highest BCUT2D eigenvalue weighted by Gasteiger charge is 2.22. The Morgan fingerprint density at radius 2 is 1.85 bits per heavy atom. The van der Waals surface area contributed by atoms with Gasteiger partial charge in [-0.2, -0.15) is 0 Å². The molecule has 0 atom stereocenters.